The van der Waals surface area contributed by atoms with Crippen molar-refractivity contribution in [1.82, 2.24) is 20.3 Å². The average molecular weight is 314 g/mol. The highest BCUT2D eigenvalue weighted by Gasteiger charge is 2.27. The number of aryl methyl sites for hydroxylation is 1. The van der Waals surface area contributed by atoms with Gasteiger partial charge in [0, 0.05) is 6.54 Å². The molecule has 23 heavy (non-hydrogen) atoms. The van der Waals surface area contributed by atoms with Crippen LogP contribution >= 0.6 is 0 Å². The molecule has 1 aromatic heterocycles. The molecule has 1 amide bonds. The molecule has 0 spiro atoms. The maximum Gasteiger partial charge on any atom is 0.273 e. The summed E-state index contributed by atoms with van der Waals surface area (Å²) in [6.45, 7) is 5.74. The molecule has 0 saturated heterocycles. The Morgan fingerprint density at radius 1 is 1.39 bits per heavy atom. The van der Waals surface area contributed by atoms with E-state index in [0.29, 0.717) is 25.4 Å². The fourth-order valence-electron chi connectivity index (χ4n) is 2.63. The first kappa shape index (κ1) is 15.7. The van der Waals surface area contributed by atoms with Crippen LogP contribution in [0.4, 0.5) is 0 Å². The molecular formula is C17H22N4O2. The molecule has 122 valence electrons. The number of aromatic nitrogens is 3. The lowest BCUT2D eigenvalue weighted by atomic mass is 10.1. The molecule has 1 unspecified atom stereocenters. The maximum atomic E-state index is 12.2. The van der Waals surface area contributed by atoms with E-state index in [-0.39, 0.29) is 12.0 Å². The first-order valence-corrected chi connectivity index (χ1v) is 8.07. The minimum Gasteiger partial charge on any atom is -0.365 e. The highest BCUT2D eigenvalue weighted by atomic mass is 16.5. The Hall–Kier alpha value is -2.21. The van der Waals surface area contributed by atoms with Gasteiger partial charge in [0.05, 0.1) is 18.8 Å². The molecule has 1 atom stereocenters. The standard InChI is InChI=1S/C17H22N4O2/c1-3-4-9-18-17(22)16-14-11-23-15(10-21(14)20-19-16)13-7-5-12(2)6-8-13/h5-8,15H,3-4,9-11H2,1-2H3,(H,18,22). The van der Waals surface area contributed by atoms with Gasteiger partial charge >= 0.3 is 0 Å². The van der Waals surface area contributed by atoms with Crippen molar-refractivity contribution in [3.8, 4) is 0 Å². The van der Waals surface area contributed by atoms with E-state index in [1.165, 1.54) is 5.56 Å². The summed E-state index contributed by atoms with van der Waals surface area (Å²) < 4.78 is 7.70. The third kappa shape index (κ3) is 3.42. The molecule has 0 aliphatic carbocycles. The summed E-state index contributed by atoms with van der Waals surface area (Å²) in [4.78, 5) is 12.2. The Kier molecular flexibility index (Phi) is 4.71. The van der Waals surface area contributed by atoms with Crippen LogP contribution in [-0.2, 0) is 17.9 Å². The van der Waals surface area contributed by atoms with Gasteiger partial charge < -0.3 is 10.1 Å². The van der Waals surface area contributed by atoms with Crippen molar-refractivity contribution in [1.29, 1.82) is 0 Å². The zero-order valence-electron chi connectivity index (χ0n) is 13.6. The van der Waals surface area contributed by atoms with Gasteiger partial charge in [0.2, 0.25) is 0 Å². The molecule has 0 saturated carbocycles. The normalized spacial score (nSPS) is 16.9. The largest absolute Gasteiger partial charge is 0.365 e. The van der Waals surface area contributed by atoms with Gasteiger partial charge in [-0.1, -0.05) is 48.4 Å². The van der Waals surface area contributed by atoms with E-state index < -0.39 is 0 Å². The third-order valence-electron chi connectivity index (χ3n) is 4.08. The van der Waals surface area contributed by atoms with Gasteiger partial charge in [0.15, 0.2) is 5.69 Å². The Morgan fingerprint density at radius 2 is 2.17 bits per heavy atom. The number of rotatable bonds is 5. The molecule has 1 aliphatic rings. The second-order valence-electron chi connectivity index (χ2n) is 5.89. The van der Waals surface area contributed by atoms with Crippen molar-refractivity contribution in [2.45, 2.75) is 45.9 Å². The van der Waals surface area contributed by atoms with Crippen molar-refractivity contribution in [2.24, 2.45) is 0 Å². The Balaban J connectivity index is 1.71. The first-order chi connectivity index (χ1) is 11.2. The van der Waals surface area contributed by atoms with Gasteiger partial charge in [-0.05, 0) is 18.9 Å². The van der Waals surface area contributed by atoms with Crippen LogP contribution in [0.25, 0.3) is 0 Å². The number of amides is 1. The van der Waals surface area contributed by atoms with Crippen LogP contribution in [0.2, 0.25) is 0 Å². The quantitative estimate of drug-likeness (QED) is 0.860. The fraction of sp³-hybridized carbons (Fsp3) is 0.471. The minimum absolute atomic E-state index is 0.0548. The van der Waals surface area contributed by atoms with Crippen LogP contribution in [-0.4, -0.2) is 27.4 Å². The first-order valence-electron chi connectivity index (χ1n) is 8.07. The van der Waals surface area contributed by atoms with E-state index in [9.17, 15) is 4.79 Å². The molecule has 1 N–H and O–H groups in total. The van der Waals surface area contributed by atoms with Gasteiger partial charge in [0.25, 0.3) is 5.91 Å². The fourth-order valence-corrected chi connectivity index (χ4v) is 2.63. The van der Waals surface area contributed by atoms with Crippen molar-refractivity contribution in [2.75, 3.05) is 6.54 Å². The average Bonchev–Trinajstić information content (AvgIpc) is 2.99. The summed E-state index contributed by atoms with van der Waals surface area (Å²) in [6.07, 6.45) is 1.95. The molecule has 1 aliphatic heterocycles. The predicted octanol–water partition coefficient (Wildman–Crippen LogP) is 2.39. The van der Waals surface area contributed by atoms with E-state index in [1.54, 1.807) is 4.68 Å². The van der Waals surface area contributed by atoms with Gasteiger partial charge in [-0.3, -0.25) is 4.79 Å². The molecule has 6 nitrogen and oxygen atoms in total. The summed E-state index contributed by atoms with van der Waals surface area (Å²) in [7, 11) is 0. The predicted molar refractivity (Wildman–Crippen MR) is 86.0 cm³/mol. The third-order valence-corrected chi connectivity index (χ3v) is 4.08. The number of benzene rings is 1. The summed E-state index contributed by atoms with van der Waals surface area (Å²) in [5.74, 6) is -0.169. The Morgan fingerprint density at radius 3 is 2.91 bits per heavy atom. The maximum absolute atomic E-state index is 12.2. The number of carbonyl (C=O) groups excluding carboxylic acids is 1. The Bertz CT molecular complexity index is 678. The van der Waals surface area contributed by atoms with Crippen LogP contribution in [0.1, 0.15) is 53.2 Å². The summed E-state index contributed by atoms with van der Waals surface area (Å²) in [5.41, 5.74) is 3.47. The van der Waals surface area contributed by atoms with Crippen molar-refractivity contribution in [3.05, 3.63) is 46.8 Å². The number of hydrogen-bond acceptors (Lipinski definition) is 4. The molecule has 0 bridgehead atoms. The van der Waals surface area contributed by atoms with Crippen LogP contribution < -0.4 is 5.32 Å². The number of ether oxygens (including phenoxy) is 1. The number of unbranched alkanes of at least 4 members (excludes halogenated alkanes) is 1. The number of fused-ring (bicyclic) bond motifs is 1. The highest BCUT2D eigenvalue weighted by Crippen LogP contribution is 2.27. The lowest BCUT2D eigenvalue weighted by Crippen LogP contribution is -2.28. The number of carbonyl (C=O) groups is 1. The zero-order chi connectivity index (χ0) is 16.2. The summed E-state index contributed by atoms with van der Waals surface area (Å²) in [6, 6.07) is 8.28. The summed E-state index contributed by atoms with van der Waals surface area (Å²) in [5, 5.41) is 11.0. The molecule has 3 rings (SSSR count). The SMILES string of the molecule is CCCCNC(=O)c1nnn2c1COC(c1ccc(C)cc1)C2. The lowest BCUT2D eigenvalue weighted by molar-refractivity contribution is -0.00177. The topological polar surface area (TPSA) is 69.0 Å². The highest BCUT2D eigenvalue weighted by molar-refractivity contribution is 5.93. The number of nitrogens with one attached hydrogen (secondary N) is 1. The smallest absolute Gasteiger partial charge is 0.273 e. The van der Waals surface area contributed by atoms with Crippen LogP contribution in [0.15, 0.2) is 24.3 Å². The molecule has 6 heteroatoms. The minimum atomic E-state index is -0.169. The zero-order valence-corrected chi connectivity index (χ0v) is 13.6. The van der Waals surface area contributed by atoms with Gasteiger partial charge in [-0.15, -0.1) is 5.10 Å². The van der Waals surface area contributed by atoms with Gasteiger partial charge in [-0.2, -0.15) is 0 Å². The van der Waals surface area contributed by atoms with Crippen LogP contribution in [0.5, 0.6) is 0 Å². The van der Waals surface area contributed by atoms with E-state index >= 15 is 0 Å². The van der Waals surface area contributed by atoms with Crippen molar-refractivity contribution in [3.63, 3.8) is 0 Å². The van der Waals surface area contributed by atoms with Gasteiger partial charge in [0.1, 0.15) is 6.10 Å². The molecular weight excluding hydrogens is 292 g/mol. The second kappa shape index (κ2) is 6.91. The second-order valence-corrected chi connectivity index (χ2v) is 5.89. The van der Waals surface area contributed by atoms with Crippen LogP contribution in [0, 0.1) is 6.92 Å². The monoisotopic (exact) mass is 314 g/mol. The van der Waals surface area contributed by atoms with Crippen molar-refractivity contribution >= 4 is 5.91 Å². The molecule has 2 aromatic rings. The van der Waals surface area contributed by atoms with Crippen LogP contribution in [0.3, 0.4) is 0 Å². The number of nitrogens with zero attached hydrogens (tertiary/aromatic N) is 3. The summed E-state index contributed by atoms with van der Waals surface area (Å²) >= 11 is 0. The molecule has 0 fully saturated rings. The molecule has 2 heterocycles. The van der Waals surface area contributed by atoms with E-state index in [4.69, 9.17) is 4.74 Å². The van der Waals surface area contributed by atoms with E-state index in [2.05, 4.69) is 53.7 Å². The van der Waals surface area contributed by atoms with Crippen molar-refractivity contribution < 1.29 is 9.53 Å². The van der Waals surface area contributed by atoms with E-state index in [0.717, 1.165) is 24.1 Å². The molecule has 1 aromatic carbocycles. The van der Waals surface area contributed by atoms with E-state index in [1.807, 2.05) is 0 Å². The Labute approximate surface area is 135 Å². The van der Waals surface area contributed by atoms with Gasteiger partial charge in [-0.25, -0.2) is 4.68 Å². The lowest BCUT2D eigenvalue weighted by Gasteiger charge is -2.24. The molecule has 0 radical (unpaired) electrons. The number of hydrogen-bond donors (Lipinski definition) is 1.